The second-order valence-corrected chi connectivity index (χ2v) is 5.66. The van der Waals surface area contributed by atoms with E-state index in [1.165, 1.54) is 12.0 Å². The van der Waals surface area contributed by atoms with Gasteiger partial charge in [-0.25, -0.2) is 4.52 Å². The van der Waals surface area contributed by atoms with Crippen molar-refractivity contribution in [1.29, 1.82) is 0 Å². The highest BCUT2D eigenvalue weighted by Crippen LogP contribution is 2.10. The van der Waals surface area contributed by atoms with Gasteiger partial charge in [-0.3, -0.25) is 0 Å². The largest absolute Gasteiger partial charge is 0.350 e. The molecule has 1 N–H and O–H groups in total. The Kier molecular flexibility index (Phi) is 5.56. The fourth-order valence-corrected chi connectivity index (χ4v) is 2.50. The van der Waals surface area contributed by atoms with Gasteiger partial charge in [-0.05, 0) is 58.0 Å². The molecule has 1 unspecified atom stereocenters. The van der Waals surface area contributed by atoms with Crippen LogP contribution in [-0.4, -0.2) is 45.2 Å². The van der Waals surface area contributed by atoms with Crippen molar-refractivity contribution in [2.45, 2.75) is 46.6 Å². The summed E-state index contributed by atoms with van der Waals surface area (Å²) in [7, 11) is 0. The second kappa shape index (κ2) is 7.41. The lowest BCUT2D eigenvalue weighted by molar-refractivity contribution is 0.295. The number of hydrogen-bond donors (Lipinski definition) is 1. The van der Waals surface area contributed by atoms with Crippen molar-refractivity contribution in [2.75, 3.05) is 25.0 Å². The van der Waals surface area contributed by atoms with E-state index in [1.807, 2.05) is 16.8 Å². The van der Waals surface area contributed by atoms with Crippen LogP contribution in [0.4, 0.5) is 5.95 Å². The van der Waals surface area contributed by atoms with E-state index in [0.29, 0.717) is 6.04 Å². The van der Waals surface area contributed by atoms with Crippen LogP contribution in [0.5, 0.6) is 0 Å². The summed E-state index contributed by atoms with van der Waals surface area (Å²) in [5.41, 5.74) is 2.07. The minimum absolute atomic E-state index is 0.388. The third-order valence-electron chi connectivity index (χ3n) is 3.86. The molecule has 2 aromatic heterocycles. The van der Waals surface area contributed by atoms with Gasteiger partial charge in [0.1, 0.15) is 0 Å². The Morgan fingerprint density at radius 2 is 2.05 bits per heavy atom. The lowest BCUT2D eigenvalue weighted by atomic mass is 10.2. The molecule has 0 spiro atoms. The Morgan fingerprint density at radius 3 is 2.76 bits per heavy atom. The lowest BCUT2D eigenvalue weighted by Gasteiger charge is -2.19. The Hall–Kier alpha value is -1.62. The fourth-order valence-electron chi connectivity index (χ4n) is 2.50. The summed E-state index contributed by atoms with van der Waals surface area (Å²) in [5.74, 6) is 0.718. The Morgan fingerprint density at radius 1 is 1.29 bits per heavy atom. The van der Waals surface area contributed by atoms with Gasteiger partial charge in [0.2, 0.25) is 5.95 Å². The fraction of sp³-hybridized carbons (Fsp3) is 0.625. The lowest BCUT2D eigenvalue weighted by Crippen LogP contribution is -2.25. The van der Waals surface area contributed by atoms with Gasteiger partial charge in [0.15, 0.2) is 5.65 Å². The molecule has 2 heterocycles. The van der Waals surface area contributed by atoms with Gasteiger partial charge in [0.05, 0.1) is 0 Å². The molecule has 0 saturated heterocycles. The summed E-state index contributed by atoms with van der Waals surface area (Å²) >= 11 is 0. The van der Waals surface area contributed by atoms with Crippen LogP contribution < -0.4 is 5.32 Å². The minimum atomic E-state index is 0.388. The highest BCUT2D eigenvalue weighted by molar-refractivity contribution is 5.44. The number of rotatable bonds is 8. The van der Waals surface area contributed by atoms with Gasteiger partial charge in [-0.1, -0.05) is 19.9 Å². The molecule has 0 aliphatic rings. The van der Waals surface area contributed by atoms with Crippen molar-refractivity contribution in [1.82, 2.24) is 19.5 Å². The van der Waals surface area contributed by atoms with Crippen LogP contribution in [0.2, 0.25) is 0 Å². The average Bonchev–Trinajstić information content (AvgIpc) is 2.84. The molecule has 2 aromatic rings. The van der Waals surface area contributed by atoms with E-state index in [1.54, 1.807) is 0 Å². The molecule has 116 valence electrons. The number of anilines is 1. The highest BCUT2D eigenvalue weighted by Gasteiger charge is 2.08. The SMILES string of the molecule is CCN(CC)CCCC(C)Nc1nc2ccc(C)cn2n1. The summed E-state index contributed by atoms with van der Waals surface area (Å²) in [5, 5.41) is 7.87. The molecule has 0 aliphatic carbocycles. The first kappa shape index (κ1) is 15.8. The summed E-state index contributed by atoms with van der Waals surface area (Å²) in [6, 6.07) is 4.44. The van der Waals surface area contributed by atoms with Gasteiger partial charge >= 0.3 is 0 Å². The maximum Gasteiger partial charge on any atom is 0.243 e. The van der Waals surface area contributed by atoms with Crippen LogP contribution in [0.15, 0.2) is 18.3 Å². The summed E-state index contributed by atoms with van der Waals surface area (Å²) in [6.45, 7) is 12.1. The number of aromatic nitrogens is 3. The maximum absolute atomic E-state index is 4.50. The zero-order valence-corrected chi connectivity index (χ0v) is 13.6. The van der Waals surface area contributed by atoms with Crippen LogP contribution in [0.3, 0.4) is 0 Å². The molecule has 0 saturated carbocycles. The molecule has 0 aromatic carbocycles. The van der Waals surface area contributed by atoms with Crippen molar-refractivity contribution in [3.05, 3.63) is 23.9 Å². The zero-order valence-electron chi connectivity index (χ0n) is 13.6. The Labute approximate surface area is 127 Å². The quantitative estimate of drug-likeness (QED) is 0.811. The van der Waals surface area contributed by atoms with Crippen molar-refractivity contribution in [2.24, 2.45) is 0 Å². The van der Waals surface area contributed by atoms with Crippen molar-refractivity contribution in [3.8, 4) is 0 Å². The number of nitrogens with zero attached hydrogens (tertiary/aromatic N) is 4. The number of fused-ring (bicyclic) bond motifs is 1. The molecule has 5 heteroatoms. The van der Waals surface area contributed by atoms with Crippen molar-refractivity contribution < 1.29 is 0 Å². The Balaban J connectivity index is 1.85. The summed E-state index contributed by atoms with van der Waals surface area (Å²) in [4.78, 5) is 6.96. The average molecular weight is 289 g/mol. The van der Waals surface area contributed by atoms with E-state index >= 15 is 0 Å². The second-order valence-electron chi connectivity index (χ2n) is 5.66. The molecule has 5 nitrogen and oxygen atoms in total. The van der Waals surface area contributed by atoms with Crippen LogP contribution >= 0.6 is 0 Å². The molecule has 0 radical (unpaired) electrons. The molecule has 0 bridgehead atoms. The van der Waals surface area contributed by atoms with Gasteiger partial charge in [-0.15, -0.1) is 5.10 Å². The molecule has 21 heavy (non-hydrogen) atoms. The van der Waals surface area contributed by atoms with Gasteiger partial charge in [0.25, 0.3) is 0 Å². The van der Waals surface area contributed by atoms with E-state index in [0.717, 1.165) is 37.7 Å². The van der Waals surface area contributed by atoms with Crippen LogP contribution in [0.25, 0.3) is 5.65 Å². The van der Waals surface area contributed by atoms with E-state index in [9.17, 15) is 0 Å². The number of hydrogen-bond acceptors (Lipinski definition) is 4. The molecular formula is C16H27N5. The molecule has 0 aliphatic heterocycles. The monoisotopic (exact) mass is 289 g/mol. The van der Waals surface area contributed by atoms with E-state index < -0.39 is 0 Å². The van der Waals surface area contributed by atoms with Crippen LogP contribution in [0, 0.1) is 6.92 Å². The Bertz CT molecular complexity index is 559. The molecule has 2 rings (SSSR count). The predicted molar refractivity (Wildman–Crippen MR) is 87.8 cm³/mol. The van der Waals surface area contributed by atoms with Crippen molar-refractivity contribution >= 4 is 11.6 Å². The zero-order chi connectivity index (χ0) is 15.2. The first-order valence-corrected chi connectivity index (χ1v) is 7.94. The van der Waals surface area contributed by atoms with E-state index in [-0.39, 0.29) is 0 Å². The maximum atomic E-state index is 4.50. The normalized spacial score (nSPS) is 13.0. The van der Waals surface area contributed by atoms with Crippen LogP contribution in [0.1, 0.15) is 39.2 Å². The third-order valence-corrected chi connectivity index (χ3v) is 3.86. The van der Waals surface area contributed by atoms with Gasteiger partial charge < -0.3 is 10.2 Å². The third kappa shape index (κ3) is 4.43. The van der Waals surface area contributed by atoms with Gasteiger partial charge in [-0.2, -0.15) is 4.98 Å². The minimum Gasteiger partial charge on any atom is -0.350 e. The smallest absolute Gasteiger partial charge is 0.243 e. The predicted octanol–water partition coefficient (Wildman–Crippen LogP) is 2.96. The molecule has 1 atom stereocenters. The number of pyridine rings is 1. The summed E-state index contributed by atoms with van der Waals surface area (Å²) < 4.78 is 1.83. The van der Waals surface area contributed by atoms with E-state index in [4.69, 9.17) is 0 Å². The molecular weight excluding hydrogens is 262 g/mol. The number of aryl methyl sites for hydroxylation is 1. The standard InChI is InChI=1S/C16H27N5/c1-5-20(6-2)11-7-8-14(4)17-16-18-15-10-9-13(3)12-21(15)19-16/h9-10,12,14H,5-8,11H2,1-4H3,(H,17,19). The molecule has 0 amide bonds. The summed E-state index contributed by atoms with van der Waals surface area (Å²) in [6.07, 6.45) is 4.33. The first-order chi connectivity index (χ1) is 10.1. The van der Waals surface area contributed by atoms with Crippen molar-refractivity contribution in [3.63, 3.8) is 0 Å². The highest BCUT2D eigenvalue weighted by atomic mass is 15.3. The molecule has 0 fully saturated rings. The number of nitrogens with one attached hydrogen (secondary N) is 1. The van der Waals surface area contributed by atoms with Gasteiger partial charge in [0, 0.05) is 12.2 Å². The van der Waals surface area contributed by atoms with E-state index in [2.05, 4.69) is 54.1 Å². The topological polar surface area (TPSA) is 45.5 Å². The first-order valence-electron chi connectivity index (χ1n) is 7.94. The van der Waals surface area contributed by atoms with Crippen LogP contribution in [-0.2, 0) is 0 Å².